The molecule has 334 valence electrons. The van der Waals surface area contributed by atoms with Crippen LogP contribution < -0.4 is 0 Å². The van der Waals surface area contributed by atoms with E-state index in [1.165, 1.54) is 164 Å². The third kappa shape index (κ3) is 5.14. The molecule has 0 heterocycles. The molecule has 15 aromatic carbocycles. The molecule has 0 bridgehead atoms. The van der Waals surface area contributed by atoms with Gasteiger partial charge in [0.15, 0.2) is 0 Å². The van der Waals surface area contributed by atoms with Gasteiger partial charge in [0.2, 0.25) is 0 Å². The topological polar surface area (TPSA) is 0 Å². The fraction of sp³-hybridized carbons (Fsp3) is 0.0137. The monoisotopic (exact) mass is 918 g/mol. The molecule has 0 saturated heterocycles. The lowest BCUT2D eigenvalue weighted by Crippen LogP contribution is -2.26. The number of rotatable bonds is 4. The molecule has 0 unspecified atom stereocenters. The number of hydrogen-bond donors (Lipinski definition) is 0. The Balaban J connectivity index is 0.879. The van der Waals surface area contributed by atoms with E-state index in [4.69, 9.17) is 0 Å². The minimum absolute atomic E-state index is 0.521. The predicted octanol–water partition coefficient (Wildman–Crippen LogP) is 19.6. The smallest absolute Gasteiger partial charge is 0.0622 e. The van der Waals surface area contributed by atoms with Gasteiger partial charge in [0.05, 0.1) is 5.41 Å². The summed E-state index contributed by atoms with van der Waals surface area (Å²) >= 11 is 0. The van der Waals surface area contributed by atoms with Gasteiger partial charge >= 0.3 is 0 Å². The Morgan fingerprint density at radius 2 is 0.534 bits per heavy atom. The zero-order valence-corrected chi connectivity index (χ0v) is 39.7. The van der Waals surface area contributed by atoms with Crippen molar-refractivity contribution < 1.29 is 0 Å². The molecular formula is C73H42. The molecule has 0 saturated carbocycles. The van der Waals surface area contributed by atoms with Crippen LogP contribution in [-0.4, -0.2) is 0 Å². The first-order chi connectivity index (χ1) is 36.2. The highest BCUT2D eigenvalue weighted by atomic mass is 14.5. The van der Waals surface area contributed by atoms with E-state index in [1.54, 1.807) is 0 Å². The second-order valence-electron chi connectivity index (χ2n) is 20.6. The highest BCUT2D eigenvalue weighted by Crippen LogP contribution is 2.65. The molecule has 0 N–H and O–H groups in total. The standard InChI is InChI=1S/C73H42/c1-3-11-43(12-4-1)52-30-19-45-25-38-62-54(32-21-47-23-36-60(52)68(45)70(47)62)49-27-34-56-50(41-49)29-40-64-59-35-28-51(42-67(59)73(72(56)64)65-17-9-7-15-57(65)58-16-8-10-18-66(58)73)55-33-22-48-24-37-61-53(44-13-5-2-6-14-44)31-20-46-26-39-63(55)71(48)69(46)61/h1-42H. The molecule has 0 aromatic heterocycles. The van der Waals surface area contributed by atoms with E-state index in [0.717, 1.165) is 0 Å². The van der Waals surface area contributed by atoms with Crippen LogP contribution in [0.1, 0.15) is 22.3 Å². The zero-order chi connectivity index (χ0) is 47.5. The summed E-state index contributed by atoms with van der Waals surface area (Å²) < 4.78 is 0. The van der Waals surface area contributed by atoms with Gasteiger partial charge in [-0.1, -0.05) is 243 Å². The van der Waals surface area contributed by atoms with Crippen molar-refractivity contribution in [2.24, 2.45) is 0 Å². The molecule has 0 aliphatic heterocycles. The first-order valence-electron chi connectivity index (χ1n) is 25.6. The summed E-state index contributed by atoms with van der Waals surface area (Å²) in [5.41, 5.74) is 20.2. The average Bonchev–Trinajstić information content (AvgIpc) is 3.94. The first kappa shape index (κ1) is 39.4. The van der Waals surface area contributed by atoms with Gasteiger partial charge in [-0.05, 0) is 177 Å². The summed E-state index contributed by atoms with van der Waals surface area (Å²) in [6, 6.07) is 96.8. The Hall–Kier alpha value is -9.36. The second kappa shape index (κ2) is 14.4. The first-order valence-corrected chi connectivity index (χ1v) is 25.6. The minimum atomic E-state index is -0.521. The third-order valence-corrected chi connectivity index (χ3v) is 17.2. The number of hydrogen-bond acceptors (Lipinski definition) is 0. The summed E-state index contributed by atoms with van der Waals surface area (Å²) in [6.07, 6.45) is 0. The number of fused-ring (bicyclic) bond motifs is 12. The van der Waals surface area contributed by atoms with Gasteiger partial charge in [0.25, 0.3) is 0 Å². The van der Waals surface area contributed by atoms with Crippen LogP contribution in [0.15, 0.2) is 255 Å². The molecule has 0 heteroatoms. The normalized spacial score (nSPS) is 13.3. The third-order valence-electron chi connectivity index (χ3n) is 17.2. The molecule has 0 radical (unpaired) electrons. The van der Waals surface area contributed by atoms with Crippen molar-refractivity contribution in [2.45, 2.75) is 5.41 Å². The van der Waals surface area contributed by atoms with Gasteiger partial charge in [-0.15, -0.1) is 0 Å². The Morgan fingerprint density at radius 3 is 1.03 bits per heavy atom. The van der Waals surface area contributed by atoms with Gasteiger partial charge in [-0.3, -0.25) is 0 Å². The summed E-state index contributed by atoms with van der Waals surface area (Å²) in [5, 5.41) is 18.2. The molecule has 2 aliphatic carbocycles. The highest BCUT2D eigenvalue weighted by molar-refractivity contribution is 6.29. The number of benzene rings is 15. The molecule has 0 fully saturated rings. The van der Waals surface area contributed by atoms with E-state index < -0.39 is 5.41 Å². The van der Waals surface area contributed by atoms with Crippen LogP contribution in [0.5, 0.6) is 0 Å². The van der Waals surface area contributed by atoms with Crippen LogP contribution in [0.3, 0.4) is 0 Å². The Bertz CT molecular complexity index is 4780. The second-order valence-corrected chi connectivity index (χ2v) is 20.6. The molecule has 1 spiro atoms. The van der Waals surface area contributed by atoms with E-state index in [9.17, 15) is 0 Å². The van der Waals surface area contributed by atoms with Crippen molar-refractivity contribution in [3.8, 4) is 66.8 Å². The zero-order valence-electron chi connectivity index (χ0n) is 39.7. The van der Waals surface area contributed by atoms with E-state index in [1.807, 2.05) is 0 Å². The van der Waals surface area contributed by atoms with Gasteiger partial charge < -0.3 is 0 Å². The largest absolute Gasteiger partial charge is 0.0731 e. The van der Waals surface area contributed by atoms with Crippen molar-refractivity contribution in [3.05, 3.63) is 277 Å². The van der Waals surface area contributed by atoms with Crippen molar-refractivity contribution in [3.63, 3.8) is 0 Å². The van der Waals surface area contributed by atoms with Gasteiger partial charge in [0.1, 0.15) is 0 Å². The predicted molar refractivity (Wildman–Crippen MR) is 309 cm³/mol. The molecule has 0 nitrogen and oxygen atoms in total. The van der Waals surface area contributed by atoms with Crippen molar-refractivity contribution in [1.29, 1.82) is 0 Å². The molecule has 73 heavy (non-hydrogen) atoms. The molecule has 15 aromatic rings. The Kier molecular flexibility index (Phi) is 7.76. The Morgan fingerprint density at radius 1 is 0.192 bits per heavy atom. The van der Waals surface area contributed by atoms with Crippen molar-refractivity contribution in [2.75, 3.05) is 0 Å². The van der Waals surface area contributed by atoms with E-state index in [2.05, 4.69) is 255 Å². The van der Waals surface area contributed by atoms with Gasteiger partial charge in [0, 0.05) is 0 Å². The highest BCUT2D eigenvalue weighted by Gasteiger charge is 2.52. The average molecular weight is 919 g/mol. The van der Waals surface area contributed by atoms with Crippen LogP contribution in [0.2, 0.25) is 0 Å². The van der Waals surface area contributed by atoms with E-state index in [-0.39, 0.29) is 0 Å². The van der Waals surface area contributed by atoms with Crippen LogP contribution in [0.25, 0.3) is 142 Å². The maximum Gasteiger partial charge on any atom is 0.0731 e. The summed E-state index contributed by atoms with van der Waals surface area (Å²) in [7, 11) is 0. The van der Waals surface area contributed by atoms with E-state index >= 15 is 0 Å². The van der Waals surface area contributed by atoms with Crippen LogP contribution in [0, 0.1) is 0 Å². The van der Waals surface area contributed by atoms with Gasteiger partial charge in [-0.25, -0.2) is 0 Å². The van der Waals surface area contributed by atoms with Gasteiger partial charge in [-0.2, -0.15) is 0 Å². The molecule has 0 atom stereocenters. The maximum atomic E-state index is 2.56. The summed E-state index contributed by atoms with van der Waals surface area (Å²) in [4.78, 5) is 0. The Labute approximate surface area is 422 Å². The SMILES string of the molecule is c1ccc(-c2ccc3ccc4c(-c5ccc6c(c5)C5(c7ccccc7-c7ccccc75)c5c-6ccc6cc(-c7ccc8ccc9c(-c%10ccccc%10)ccc%10ccc7c8c%109)ccc56)ccc5ccc2c3c54)cc1. The lowest BCUT2D eigenvalue weighted by Gasteiger charge is -2.32. The fourth-order valence-electron chi connectivity index (χ4n) is 14.2. The van der Waals surface area contributed by atoms with Crippen LogP contribution in [-0.2, 0) is 5.41 Å². The maximum absolute atomic E-state index is 2.56. The fourth-order valence-corrected chi connectivity index (χ4v) is 14.2. The molecule has 0 amide bonds. The minimum Gasteiger partial charge on any atom is -0.0622 e. The summed E-state index contributed by atoms with van der Waals surface area (Å²) in [5.74, 6) is 0. The molecule has 17 rings (SSSR count). The molecular weight excluding hydrogens is 877 g/mol. The van der Waals surface area contributed by atoms with E-state index in [0.29, 0.717) is 0 Å². The van der Waals surface area contributed by atoms with Crippen LogP contribution in [0.4, 0.5) is 0 Å². The summed E-state index contributed by atoms with van der Waals surface area (Å²) in [6.45, 7) is 0. The molecule has 2 aliphatic rings. The lowest BCUT2D eigenvalue weighted by molar-refractivity contribution is 0.801. The quantitative estimate of drug-likeness (QED) is 0.154. The van der Waals surface area contributed by atoms with Crippen molar-refractivity contribution in [1.82, 2.24) is 0 Å². The van der Waals surface area contributed by atoms with Crippen molar-refractivity contribution >= 4 is 75.4 Å². The lowest BCUT2D eigenvalue weighted by atomic mass is 9.69. The van der Waals surface area contributed by atoms with Crippen LogP contribution >= 0.6 is 0 Å².